The quantitative estimate of drug-likeness (QED) is 0.595. The van der Waals surface area contributed by atoms with Gasteiger partial charge in [0.25, 0.3) is 15.6 Å². The number of sulfonamides is 1. The number of hydrogen-bond acceptors (Lipinski definition) is 4. The molecule has 2 aliphatic rings. The molecule has 2 aliphatic heterocycles. The molecule has 34 heavy (non-hydrogen) atoms. The first-order valence-corrected chi connectivity index (χ1v) is 12.4. The van der Waals surface area contributed by atoms with Crippen molar-refractivity contribution in [3.63, 3.8) is 0 Å². The van der Waals surface area contributed by atoms with E-state index in [1.807, 2.05) is 0 Å². The third-order valence-corrected chi connectivity index (χ3v) is 7.65. The van der Waals surface area contributed by atoms with Gasteiger partial charge in [-0.25, -0.2) is 17.6 Å². The second-order valence-corrected chi connectivity index (χ2v) is 10.3. The van der Waals surface area contributed by atoms with Gasteiger partial charge < -0.3 is 14.8 Å². The van der Waals surface area contributed by atoms with Crippen LogP contribution in [0.1, 0.15) is 18.0 Å². The second-order valence-electron chi connectivity index (χ2n) is 8.64. The third-order valence-electron chi connectivity index (χ3n) is 6.27. The van der Waals surface area contributed by atoms with E-state index in [9.17, 15) is 22.4 Å². The molecule has 0 spiro atoms. The molecule has 1 saturated heterocycles. The molecule has 0 unspecified atom stereocenters. The summed E-state index contributed by atoms with van der Waals surface area (Å²) in [6.07, 6.45) is 0.740. The van der Waals surface area contributed by atoms with Crippen LogP contribution in [0.15, 0.2) is 76.4 Å². The van der Waals surface area contributed by atoms with E-state index in [0.717, 1.165) is 6.42 Å². The highest BCUT2D eigenvalue weighted by molar-refractivity contribution is 7.92. The molecule has 10 heteroatoms. The number of benzene rings is 2. The van der Waals surface area contributed by atoms with Crippen LogP contribution in [-0.2, 0) is 16.6 Å². The van der Waals surface area contributed by atoms with Crippen molar-refractivity contribution in [1.82, 2.24) is 9.47 Å². The summed E-state index contributed by atoms with van der Waals surface area (Å²) >= 11 is 0. The normalized spacial score (nSPS) is 19.3. The fourth-order valence-corrected chi connectivity index (χ4v) is 5.90. The highest BCUT2D eigenvalue weighted by Crippen LogP contribution is 2.39. The van der Waals surface area contributed by atoms with Crippen LogP contribution in [0.4, 0.5) is 20.6 Å². The van der Waals surface area contributed by atoms with Gasteiger partial charge in [-0.15, -0.1) is 0 Å². The molecule has 2 amide bonds. The number of hydrogen-bond donors (Lipinski definition) is 2. The van der Waals surface area contributed by atoms with Crippen LogP contribution >= 0.6 is 0 Å². The monoisotopic (exact) mass is 482 g/mol. The Hall–Kier alpha value is -3.66. The van der Waals surface area contributed by atoms with E-state index >= 15 is 0 Å². The smallest absolute Gasteiger partial charge is 0.321 e. The van der Waals surface area contributed by atoms with Crippen LogP contribution in [0.5, 0.6) is 0 Å². The molecule has 3 aromatic rings. The summed E-state index contributed by atoms with van der Waals surface area (Å²) in [4.78, 5) is 27.3. The molecule has 0 radical (unpaired) electrons. The van der Waals surface area contributed by atoms with E-state index in [1.54, 1.807) is 27.7 Å². The molecule has 2 aromatic carbocycles. The van der Waals surface area contributed by atoms with E-state index in [4.69, 9.17) is 0 Å². The average molecular weight is 483 g/mol. The third kappa shape index (κ3) is 4.28. The predicted molar refractivity (Wildman–Crippen MR) is 126 cm³/mol. The minimum Gasteiger partial charge on any atom is -0.324 e. The van der Waals surface area contributed by atoms with E-state index in [1.165, 1.54) is 48.5 Å². The van der Waals surface area contributed by atoms with Crippen molar-refractivity contribution in [2.24, 2.45) is 5.92 Å². The lowest BCUT2D eigenvalue weighted by atomic mass is 9.82. The van der Waals surface area contributed by atoms with Gasteiger partial charge in [0.2, 0.25) is 0 Å². The number of halogens is 1. The Morgan fingerprint density at radius 2 is 1.68 bits per heavy atom. The Labute approximate surface area is 196 Å². The van der Waals surface area contributed by atoms with Crippen molar-refractivity contribution in [3.05, 3.63) is 88.6 Å². The Morgan fingerprint density at radius 3 is 2.41 bits per heavy atom. The van der Waals surface area contributed by atoms with Crippen molar-refractivity contribution in [1.29, 1.82) is 0 Å². The van der Waals surface area contributed by atoms with E-state index in [0.29, 0.717) is 36.7 Å². The van der Waals surface area contributed by atoms with Gasteiger partial charge in [-0.2, -0.15) is 0 Å². The fraction of sp³-hybridized carbons (Fsp3) is 0.250. The number of nitrogens with one attached hydrogen (secondary N) is 2. The van der Waals surface area contributed by atoms with Gasteiger partial charge in [-0.1, -0.05) is 18.2 Å². The lowest BCUT2D eigenvalue weighted by Gasteiger charge is -2.43. The van der Waals surface area contributed by atoms with Crippen LogP contribution in [0.25, 0.3) is 0 Å². The zero-order valence-electron chi connectivity index (χ0n) is 18.1. The fourth-order valence-electron chi connectivity index (χ4n) is 4.81. The maximum Gasteiger partial charge on any atom is 0.321 e. The molecule has 0 saturated carbocycles. The zero-order chi connectivity index (χ0) is 23.9. The summed E-state index contributed by atoms with van der Waals surface area (Å²) in [7, 11) is -3.85. The summed E-state index contributed by atoms with van der Waals surface area (Å²) in [6.45, 7) is 1.19. The molecular formula is C24H23FN4O4S. The Morgan fingerprint density at radius 1 is 0.941 bits per heavy atom. The molecule has 2 atom stereocenters. The maximum atomic E-state index is 13.2. The number of aromatic nitrogens is 1. The zero-order valence-corrected chi connectivity index (χ0v) is 19.0. The predicted octanol–water partition coefficient (Wildman–Crippen LogP) is 3.44. The number of amides is 2. The summed E-state index contributed by atoms with van der Waals surface area (Å²) < 4.78 is 43.3. The molecule has 3 heterocycles. The van der Waals surface area contributed by atoms with Crippen molar-refractivity contribution >= 4 is 27.4 Å². The number of carbonyl (C=O) groups excluding carboxylic acids is 1. The first kappa shape index (κ1) is 22.1. The van der Waals surface area contributed by atoms with Gasteiger partial charge in [0.1, 0.15) is 5.82 Å². The van der Waals surface area contributed by atoms with Gasteiger partial charge >= 0.3 is 6.03 Å². The van der Waals surface area contributed by atoms with E-state index < -0.39 is 15.8 Å². The highest BCUT2D eigenvalue weighted by atomic mass is 32.2. The Kier molecular flexibility index (Phi) is 5.60. The number of fused-ring (bicyclic) bond motifs is 4. The van der Waals surface area contributed by atoms with Crippen LogP contribution in [-0.4, -0.2) is 37.0 Å². The molecule has 176 valence electrons. The summed E-state index contributed by atoms with van der Waals surface area (Å²) in [5.41, 5.74) is 1.21. The summed E-state index contributed by atoms with van der Waals surface area (Å²) in [5, 5.41) is 2.78. The molecule has 2 N–H and O–H groups in total. The van der Waals surface area contributed by atoms with Crippen molar-refractivity contribution < 1.29 is 17.6 Å². The van der Waals surface area contributed by atoms with Gasteiger partial charge in [0.15, 0.2) is 0 Å². The molecule has 2 bridgehead atoms. The molecule has 1 fully saturated rings. The van der Waals surface area contributed by atoms with Gasteiger partial charge in [-0.3, -0.25) is 9.52 Å². The number of carbonyl (C=O) groups is 1. The number of urea groups is 1. The van der Waals surface area contributed by atoms with Crippen LogP contribution in [0, 0.1) is 11.7 Å². The second kappa shape index (κ2) is 8.60. The van der Waals surface area contributed by atoms with Crippen molar-refractivity contribution in [3.8, 4) is 0 Å². The minimum absolute atomic E-state index is 0.0592. The number of likely N-dealkylation sites (tertiary alicyclic amines) is 1. The molecular weight excluding hydrogens is 459 g/mol. The van der Waals surface area contributed by atoms with Gasteiger partial charge in [0, 0.05) is 37.3 Å². The number of piperidine rings is 1. The summed E-state index contributed by atoms with van der Waals surface area (Å²) in [5.74, 6) is -0.546. The largest absolute Gasteiger partial charge is 0.324 e. The molecule has 5 rings (SSSR count). The number of pyridine rings is 1. The SMILES string of the molecule is O=C(Nc1ccc(F)cc1)N1C[C@@H]2C[C@H](C1)c1c(NS(=O)(=O)c3ccccc3)ccc(=O)n1C2. The Balaban J connectivity index is 1.42. The van der Waals surface area contributed by atoms with Crippen LogP contribution < -0.4 is 15.6 Å². The van der Waals surface area contributed by atoms with E-state index in [2.05, 4.69) is 10.0 Å². The van der Waals surface area contributed by atoms with Gasteiger partial charge in [-0.05, 0) is 54.8 Å². The number of rotatable bonds is 4. The standard InChI is InChI=1S/C24H23FN4O4S/c25-18-6-8-19(9-7-18)26-24(31)28-13-16-12-17(15-28)23-21(10-11-22(30)29(23)14-16)27-34(32,33)20-4-2-1-3-5-20/h1-11,16-17,27H,12-15H2,(H,26,31)/t16-,17+/m0/s1. The minimum atomic E-state index is -3.85. The highest BCUT2D eigenvalue weighted by Gasteiger charge is 2.38. The number of nitrogens with zero attached hydrogens (tertiary/aromatic N) is 2. The topological polar surface area (TPSA) is 101 Å². The van der Waals surface area contributed by atoms with Crippen molar-refractivity contribution in [2.45, 2.75) is 23.8 Å². The van der Waals surface area contributed by atoms with Gasteiger partial charge in [0.05, 0.1) is 16.3 Å². The molecule has 1 aromatic heterocycles. The van der Waals surface area contributed by atoms with E-state index in [-0.39, 0.29) is 28.3 Å². The molecule has 0 aliphatic carbocycles. The lowest BCUT2D eigenvalue weighted by Crippen LogP contribution is -2.50. The van der Waals surface area contributed by atoms with Crippen molar-refractivity contribution in [2.75, 3.05) is 23.1 Å². The van der Waals surface area contributed by atoms with Crippen LogP contribution in [0.3, 0.4) is 0 Å². The maximum absolute atomic E-state index is 13.2. The first-order valence-electron chi connectivity index (χ1n) is 10.9. The first-order chi connectivity index (χ1) is 16.3. The molecule has 8 nitrogen and oxygen atoms in total. The average Bonchev–Trinajstić information content (AvgIpc) is 2.82. The van der Waals surface area contributed by atoms with Crippen LogP contribution in [0.2, 0.25) is 0 Å². The lowest BCUT2D eigenvalue weighted by molar-refractivity contribution is 0.140. The summed E-state index contributed by atoms with van der Waals surface area (Å²) in [6, 6.07) is 16.1. The Bertz CT molecular complexity index is 1390. The number of anilines is 2.